The van der Waals surface area contributed by atoms with Crippen LogP contribution in [0.2, 0.25) is 0 Å². The third-order valence-corrected chi connectivity index (χ3v) is 3.72. The van der Waals surface area contributed by atoms with Crippen molar-refractivity contribution < 1.29 is 19.4 Å². The van der Waals surface area contributed by atoms with Gasteiger partial charge in [-0.2, -0.15) is 0 Å². The minimum Gasteiger partial charge on any atom is -0.481 e. The normalized spacial score (nSPS) is 19.6. The lowest BCUT2D eigenvalue weighted by Crippen LogP contribution is -2.37. The van der Waals surface area contributed by atoms with Gasteiger partial charge < -0.3 is 15.2 Å². The molecule has 0 aromatic heterocycles. The Morgan fingerprint density at radius 2 is 2.10 bits per heavy atom. The molecule has 2 N–H and O–H groups in total. The van der Waals surface area contributed by atoms with Crippen molar-refractivity contribution >= 4 is 27.8 Å². The van der Waals surface area contributed by atoms with E-state index in [1.165, 1.54) is 0 Å². The highest BCUT2D eigenvalue weighted by Crippen LogP contribution is 2.21. The summed E-state index contributed by atoms with van der Waals surface area (Å²) >= 11 is 3.33. The van der Waals surface area contributed by atoms with E-state index >= 15 is 0 Å². The fraction of sp³-hybridized carbons (Fsp3) is 0.429. The molecule has 5 nitrogen and oxygen atoms in total. The van der Waals surface area contributed by atoms with Gasteiger partial charge >= 0.3 is 5.97 Å². The van der Waals surface area contributed by atoms with E-state index in [2.05, 4.69) is 21.2 Å². The summed E-state index contributed by atoms with van der Waals surface area (Å²) in [6.45, 7) is 0.583. The molecule has 0 spiro atoms. The molecular weight excluding hydrogens is 326 g/mol. The summed E-state index contributed by atoms with van der Waals surface area (Å²) in [6.07, 6.45) is 0.938. The Morgan fingerprint density at radius 1 is 1.40 bits per heavy atom. The molecule has 1 aliphatic heterocycles. The van der Waals surface area contributed by atoms with Crippen molar-refractivity contribution in [2.75, 3.05) is 6.61 Å². The lowest BCUT2D eigenvalue weighted by Gasteiger charge is -2.19. The van der Waals surface area contributed by atoms with Crippen LogP contribution in [0.5, 0.6) is 0 Å². The van der Waals surface area contributed by atoms with E-state index in [-0.39, 0.29) is 12.3 Å². The van der Waals surface area contributed by atoms with Crippen LogP contribution in [0.1, 0.15) is 30.9 Å². The number of halogens is 1. The van der Waals surface area contributed by atoms with Crippen LogP contribution < -0.4 is 5.32 Å². The van der Waals surface area contributed by atoms with Gasteiger partial charge in [0, 0.05) is 11.1 Å². The first-order valence-electron chi connectivity index (χ1n) is 6.45. The van der Waals surface area contributed by atoms with Crippen molar-refractivity contribution in [2.24, 2.45) is 0 Å². The maximum Gasteiger partial charge on any atom is 0.305 e. The van der Waals surface area contributed by atoms with Gasteiger partial charge in [-0.15, -0.1) is 0 Å². The molecule has 1 aromatic carbocycles. The summed E-state index contributed by atoms with van der Waals surface area (Å²) in [5.74, 6) is -1.19. The summed E-state index contributed by atoms with van der Waals surface area (Å²) in [5, 5.41) is 11.8. The van der Waals surface area contributed by atoms with Gasteiger partial charge in [-0.05, 0) is 30.5 Å². The molecule has 1 aliphatic rings. The number of hydrogen-bond donors (Lipinski definition) is 2. The number of ether oxygens (including phenoxy) is 1. The number of nitrogens with one attached hydrogen (secondary N) is 1. The maximum absolute atomic E-state index is 12.0. The van der Waals surface area contributed by atoms with Gasteiger partial charge in [-0.25, -0.2) is 0 Å². The molecule has 2 atom stereocenters. The van der Waals surface area contributed by atoms with Crippen LogP contribution in [0.25, 0.3) is 0 Å². The van der Waals surface area contributed by atoms with E-state index in [0.717, 1.165) is 16.5 Å². The Bertz CT molecular complexity index is 482. The summed E-state index contributed by atoms with van der Waals surface area (Å²) in [7, 11) is 0. The van der Waals surface area contributed by atoms with E-state index in [9.17, 15) is 9.59 Å². The average Bonchev–Trinajstić information content (AvgIpc) is 2.92. The average molecular weight is 342 g/mol. The standard InChI is InChI=1S/C14H16BrNO4/c15-10-5-3-9(4-6-10)11(8-13(17)18)16-14(19)12-2-1-7-20-12/h3-6,11-12H,1-2,7-8H2,(H,16,19)(H,17,18). The summed E-state index contributed by atoms with van der Waals surface area (Å²) in [4.78, 5) is 23.0. The Kier molecular flexibility index (Phi) is 5.14. The van der Waals surface area contributed by atoms with Gasteiger partial charge in [0.15, 0.2) is 0 Å². The molecule has 1 fully saturated rings. The van der Waals surface area contributed by atoms with Crippen LogP contribution in [0.4, 0.5) is 0 Å². The van der Waals surface area contributed by atoms with E-state index in [0.29, 0.717) is 13.0 Å². The fourth-order valence-electron chi connectivity index (χ4n) is 2.17. The zero-order valence-electron chi connectivity index (χ0n) is 10.8. The molecule has 0 saturated carbocycles. The Morgan fingerprint density at radius 3 is 2.65 bits per heavy atom. The van der Waals surface area contributed by atoms with Crippen LogP contribution in [0.15, 0.2) is 28.7 Å². The number of benzene rings is 1. The molecule has 2 rings (SSSR count). The van der Waals surface area contributed by atoms with E-state index < -0.39 is 18.1 Å². The second-order valence-electron chi connectivity index (χ2n) is 4.71. The molecule has 1 heterocycles. The van der Waals surface area contributed by atoms with Crippen molar-refractivity contribution in [1.29, 1.82) is 0 Å². The molecule has 0 aliphatic carbocycles. The zero-order chi connectivity index (χ0) is 14.5. The minimum atomic E-state index is -0.953. The van der Waals surface area contributed by atoms with Gasteiger partial charge in [0.25, 0.3) is 0 Å². The Balaban J connectivity index is 2.08. The molecule has 6 heteroatoms. The molecule has 2 unspecified atom stereocenters. The monoisotopic (exact) mass is 341 g/mol. The number of aliphatic carboxylic acids is 1. The van der Waals surface area contributed by atoms with E-state index in [1.807, 2.05) is 12.1 Å². The molecule has 20 heavy (non-hydrogen) atoms. The number of rotatable bonds is 5. The van der Waals surface area contributed by atoms with Crippen molar-refractivity contribution in [2.45, 2.75) is 31.4 Å². The lowest BCUT2D eigenvalue weighted by molar-refractivity contribution is -0.138. The highest BCUT2D eigenvalue weighted by molar-refractivity contribution is 9.10. The number of amides is 1. The maximum atomic E-state index is 12.0. The number of carboxylic acids is 1. The summed E-state index contributed by atoms with van der Waals surface area (Å²) in [6, 6.07) is 6.70. The van der Waals surface area contributed by atoms with Gasteiger partial charge in [-0.1, -0.05) is 28.1 Å². The van der Waals surface area contributed by atoms with Crippen LogP contribution in [-0.2, 0) is 14.3 Å². The molecule has 1 saturated heterocycles. The van der Waals surface area contributed by atoms with Gasteiger partial charge in [-0.3, -0.25) is 9.59 Å². The van der Waals surface area contributed by atoms with Crippen molar-refractivity contribution in [3.05, 3.63) is 34.3 Å². The quantitative estimate of drug-likeness (QED) is 0.861. The second-order valence-corrected chi connectivity index (χ2v) is 5.63. The van der Waals surface area contributed by atoms with Crippen molar-refractivity contribution in [3.63, 3.8) is 0 Å². The first-order valence-corrected chi connectivity index (χ1v) is 7.25. The number of carbonyl (C=O) groups excluding carboxylic acids is 1. The van der Waals surface area contributed by atoms with Crippen molar-refractivity contribution in [1.82, 2.24) is 5.32 Å². The third kappa shape index (κ3) is 4.05. The highest BCUT2D eigenvalue weighted by atomic mass is 79.9. The lowest BCUT2D eigenvalue weighted by atomic mass is 10.0. The largest absolute Gasteiger partial charge is 0.481 e. The topological polar surface area (TPSA) is 75.6 Å². The van der Waals surface area contributed by atoms with Gasteiger partial charge in [0.05, 0.1) is 12.5 Å². The highest BCUT2D eigenvalue weighted by Gasteiger charge is 2.27. The fourth-order valence-corrected chi connectivity index (χ4v) is 2.44. The number of carbonyl (C=O) groups is 2. The first kappa shape index (κ1) is 15.0. The van der Waals surface area contributed by atoms with Gasteiger partial charge in [0.2, 0.25) is 5.91 Å². The first-order chi connectivity index (χ1) is 9.56. The molecule has 0 bridgehead atoms. The number of hydrogen-bond acceptors (Lipinski definition) is 3. The van der Waals surface area contributed by atoms with E-state index in [4.69, 9.17) is 9.84 Å². The van der Waals surface area contributed by atoms with Crippen LogP contribution in [-0.4, -0.2) is 29.7 Å². The molecule has 1 amide bonds. The molecule has 108 valence electrons. The SMILES string of the molecule is O=C(O)CC(NC(=O)C1CCCO1)c1ccc(Br)cc1. The molecule has 1 aromatic rings. The number of carboxylic acid groups (broad SMARTS) is 1. The predicted molar refractivity (Wildman–Crippen MR) is 76.3 cm³/mol. The summed E-state index contributed by atoms with van der Waals surface area (Å²) < 4.78 is 6.21. The predicted octanol–water partition coefficient (Wildman–Crippen LogP) is 2.26. The Hall–Kier alpha value is -1.40. The summed E-state index contributed by atoms with van der Waals surface area (Å²) in [5.41, 5.74) is 0.766. The zero-order valence-corrected chi connectivity index (χ0v) is 12.4. The second kappa shape index (κ2) is 6.85. The minimum absolute atomic E-state index is 0.153. The van der Waals surface area contributed by atoms with E-state index in [1.54, 1.807) is 12.1 Å². The van der Waals surface area contributed by atoms with Crippen molar-refractivity contribution in [3.8, 4) is 0 Å². The smallest absolute Gasteiger partial charge is 0.305 e. The van der Waals surface area contributed by atoms with Crippen LogP contribution in [0.3, 0.4) is 0 Å². The Labute approximate surface area is 125 Å². The van der Waals surface area contributed by atoms with Crippen LogP contribution >= 0.6 is 15.9 Å². The third-order valence-electron chi connectivity index (χ3n) is 3.19. The van der Waals surface area contributed by atoms with Crippen LogP contribution in [0, 0.1) is 0 Å². The van der Waals surface area contributed by atoms with Gasteiger partial charge in [0.1, 0.15) is 6.10 Å². The molecule has 0 radical (unpaired) electrons. The molecular formula is C14H16BrNO4.